The van der Waals surface area contributed by atoms with E-state index in [1.165, 1.54) is 16.0 Å². The summed E-state index contributed by atoms with van der Waals surface area (Å²) < 4.78 is 1.03. The lowest BCUT2D eigenvalue weighted by molar-refractivity contribution is -0.138. The van der Waals surface area contributed by atoms with E-state index in [2.05, 4.69) is 15.9 Å². The van der Waals surface area contributed by atoms with Gasteiger partial charge in [0.1, 0.15) is 6.10 Å². The Hall–Kier alpha value is -0.910. The lowest BCUT2D eigenvalue weighted by Crippen LogP contribution is -2.41. The number of carbonyl (C=O) groups is 1. The number of hydrogen-bond acceptors (Lipinski definition) is 3. The second kappa shape index (κ2) is 6.87. The first-order chi connectivity index (χ1) is 8.45. The van der Waals surface area contributed by atoms with Crippen LogP contribution in [0.25, 0.3) is 0 Å². The summed E-state index contributed by atoms with van der Waals surface area (Å²) in [5.74, 6) is -0.329. The number of aryl methyl sites for hydroxylation is 1. The van der Waals surface area contributed by atoms with Crippen LogP contribution in [0.15, 0.2) is 22.7 Å². The maximum absolute atomic E-state index is 11.6. The molecule has 0 saturated heterocycles. The fraction of sp³-hybridized carbons (Fsp3) is 0.462. The highest BCUT2D eigenvalue weighted by molar-refractivity contribution is 9.10. The highest BCUT2D eigenvalue weighted by Gasteiger charge is 2.17. The fourth-order valence-electron chi connectivity index (χ4n) is 1.66. The minimum Gasteiger partial charge on any atom is -0.382 e. The van der Waals surface area contributed by atoms with Gasteiger partial charge in [0.2, 0.25) is 0 Å². The molecule has 18 heavy (non-hydrogen) atoms. The molecule has 0 radical (unpaired) electrons. The van der Waals surface area contributed by atoms with Crippen LogP contribution < -0.4 is 5.73 Å². The van der Waals surface area contributed by atoms with Crippen LogP contribution in [0.1, 0.15) is 11.1 Å². The number of nitrogens with two attached hydrogens (primary N) is 1. The van der Waals surface area contributed by atoms with Crippen molar-refractivity contribution < 1.29 is 9.90 Å². The molecule has 1 aromatic rings. The summed E-state index contributed by atoms with van der Waals surface area (Å²) >= 11 is 3.43. The molecule has 1 amide bonds. The van der Waals surface area contributed by atoms with Gasteiger partial charge in [0.15, 0.2) is 0 Å². The van der Waals surface area contributed by atoms with Crippen LogP contribution in [0, 0.1) is 6.92 Å². The summed E-state index contributed by atoms with van der Waals surface area (Å²) in [6.45, 7) is 2.56. The SMILES string of the molecule is Cc1ccc(Br)cc1CCN(C)C(=O)C(O)CN. The molecule has 3 N–H and O–H groups in total. The Morgan fingerprint density at radius 2 is 2.22 bits per heavy atom. The van der Waals surface area contributed by atoms with Crippen LogP contribution >= 0.6 is 15.9 Å². The van der Waals surface area contributed by atoms with E-state index >= 15 is 0 Å². The van der Waals surface area contributed by atoms with E-state index in [-0.39, 0.29) is 12.5 Å². The van der Waals surface area contributed by atoms with Crippen molar-refractivity contribution in [2.24, 2.45) is 5.73 Å². The maximum Gasteiger partial charge on any atom is 0.252 e. The molecule has 0 aliphatic rings. The summed E-state index contributed by atoms with van der Waals surface area (Å²) in [5.41, 5.74) is 7.64. The second-order valence-electron chi connectivity index (χ2n) is 4.33. The van der Waals surface area contributed by atoms with Gasteiger partial charge in [0.25, 0.3) is 5.91 Å². The van der Waals surface area contributed by atoms with Gasteiger partial charge in [0.05, 0.1) is 0 Å². The third-order valence-electron chi connectivity index (χ3n) is 2.91. The van der Waals surface area contributed by atoms with Gasteiger partial charge in [-0.2, -0.15) is 0 Å². The number of aliphatic hydroxyl groups excluding tert-OH is 1. The molecule has 0 saturated carbocycles. The van der Waals surface area contributed by atoms with Crippen molar-refractivity contribution in [2.75, 3.05) is 20.1 Å². The number of aliphatic hydroxyl groups is 1. The molecule has 0 heterocycles. The standard InChI is InChI=1S/C13H19BrN2O2/c1-9-3-4-11(14)7-10(9)5-6-16(2)13(18)12(17)8-15/h3-4,7,12,17H,5-6,8,15H2,1-2H3. The zero-order valence-corrected chi connectivity index (χ0v) is 12.3. The van der Waals surface area contributed by atoms with E-state index in [0.717, 1.165) is 10.9 Å². The first-order valence-electron chi connectivity index (χ1n) is 5.84. The smallest absolute Gasteiger partial charge is 0.252 e. The molecule has 1 unspecified atom stereocenters. The summed E-state index contributed by atoms with van der Waals surface area (Å²) in [6.07, 6.45) is -0.344. The van der Waals surface area contributed by atoms with E-state index in [9.17, 15) is 9.90 Å². The fourth-order valence-corrected chi connectivity index (χ4v) is 2.07. The van der Waals surface area contributed by atoms with Gasteiger partial charge in [0, 0.05) is 24.6 Å². The van der Waals surface area contributed by atoms with Gasteiger partial charge >= 0.3 is 0 Å². The van der Waals surface area contributed by atoms with Crippen LogP contribution in [-0.2, 0) is 11.2 Å². The van der Waals surface area contributed by atoms with E-state index in [0.29, 0.717) is 6.54 Å². The van der Waals surface area contributed by atoms with Crippen molar-refractivity contribution in [3.63, 3.8) is 0 Å². The molecule has 0 aliphatic carbocycles. The molecule has 1 aromatic carbocycles. The predicted octanol–water partition coefficient (Wildman–Crippen LogP) is 1.08. The van der Waals surface area contributed by atoms with Crippen LogP contribution in [0.4, 0.5) is 0 Å². The van der Waals surface area contributed by atoms with Crippen LogP contribution in [0.5, 0.6) is 0 Å². The largest absolute Gasteiger partial charge is 0.382 e. The molecule has 0 aromatic heterocycles. The van der Waals surface area contributed by atoms with Crippen molar-refractivity contribution in [3.8, 4) is 0 Å². The molecular weight excluding hydrogens is 296 g/mol. The minimum absolute atomic E-state index is 0.0426. The Kier molecular flexibility index (Phi) is 5.78. The van der Waals surface area contributed by atoms with Crippen molar-refractivity contribution in [3.05, 3.63) is 33.8 Å². The molecule has 100 valence electrons. The topological polar surface area (TPSA) is 66.6 Å². The predicted molar refractivity (Wildman–Crippen MR) is 75.3 cm³/mol. The number of amides is 1. The second-order valence-corrected chi connectivity index (χ2v) is 5.25. The van der Waals surface area contributed by atoms with Crippen molar-refractivity contribution in [2.45, 2.75) is 19.4 Å². The maximum atomic E-state index is 11.6. The molecular formula is C13H19BrN2O2. The molecule has 0 aliphatic heterocycles. The molecule has 4 nitrogen and oxygen atoms in total. The third kappa shape index (κ3) is 4.08. The zero-order valence-electron chi connectivity index (χ0n) is 10.7. The van der Waals surface area contributed by atoms with Gasteiger partial charge in [-0.1, -0.05) is 22.0 Å². The highest BCUT2D eigenvalue weighted by atomic mass is 79.9. The first-order valence-corrected chi connectivity index (χ1v) is 6.63. The number of likely N-dealkylation sites (N-methyl/N-ethyl adjacent to an activating group) is 1. The van der Waals surface area contributed by atoms with Gasteiger partial charge in [-0.05, 0) is 36.6 Å². The third-order valence-corrected chi connectivity index (χ3v) is 3.41. The van der Waals surface area contributed by atoms with E-state index < -0.39 is 6.10 Å². The molecule has 0 spiro atoms. The lowest BCUT2D eigenvalue weighted by atomic mass is 10.1. The molecule has 5 heteroatoms. The summed E-state index contributed by atoms with van der Waals surface area (Å²) in [4.78, 5) is 13.1. The number of rotatable bonds is 5. The number of hydrogen-bond donors (Lipinski definition) is 2. The van der Waals surface area contributed by atoms with Gasteiger partial charge < -0.3 is 15.7 Å². The normalized spacial score (nSPS) is 12.3. The Bertz CT molecular complexity index is 423. The number of benzene rings is 1. The number of carbonyl (C=O) groups excluding carboxylic acids is 1. The highest BCUT2D eigenvalue weighted by Crippen LogP contribution is 2.16. The number of halogens is 1. The molecule has 0 bridgehead atoms. The Balaban J connectivity index is 2.59. The van der Waals surface area contributed by atoms with Gasteiger partial charge in [-0.3, -0.25) is 4.79 Å². The lowest BCUT2D eigenvalue weighted by Gasteiger charge is -2.20. The van der Waals surface area contributed by atoms with Crippen molar-refractivity contribution in [1.82, 2.24) is 4.90 Å². The monoisotopic (exact) mass is 314 g/mol. The summed E-state index contributed by atoms with van der Waals surface area (Å²) in [6, 6.07) is 6.08. The van der Waals surface area contributed by atoms with Crippen LogP contribution in [-0.4, -0.2) is 42.2 Å². The van der Waals surface area contributed by atoms with Crippen molar-refractivity contribution >= 4 is 21.8 Å². The Morgan fingerprint density at radius 1 is 1.56 bits per heavy atom. The molecule has 0 fully saturated rings. The van der Waals surface area contributed by atoms with Crippen LogP contribution in [0.2, 0.25) is 0 Å². The van der Waals surface area contributed by atoms with Gasteiger partial charge in [-0.15, -0.1) is 0 Å². The molecule has 1 atom stereocenters. The average molecular weight is 315 g/mol. The van der Waals surface area contributed by atoms with Crippen molar-refractivity contribution in [1.29, 1.82) is 0 Å². The average Bonchev–Trinajstić information content (AvgIpc) is 2.37. The van der Waals surface area contributed by atoms with Crippen LogP contribution in [0.3, 0.4) is 0 Å². The Labute approximate surface area is 116 Å². The quantitative estimate of drug-likeness (QED) is 0.854. The Morgan fingerprint density at radius 3 is 2.83 bits per heavy atom. The summed E-state index contributed by atoms with van der Waals surface area (Å²) in [5, 5.41) is 9.37. The van der Waals surface area contributed by atoms with E-state index in [1.807, 2.05) is 25.1 Å². The molecule has 1 rings (SSSR count). The first kappa shape index (κ1) is 15.1. The van der Waals surface area contributed by atoms with E-state index in [4.69, 9.17) is 5.73 Å². The zero-order chi connectivity index (χ0) is 13.7. The number of nitrogens with zero attached hydrogens (tertiary/aromatic N) is 1. The summed E-state index contributed by atoms with van der Waals surface area (Å²) in [7, 11) is 1.68. The van der Waals surface area contributed by atoms with Gasteiger partial charge in [-0.25, -0.2) is 0 Å². The minimum atomic E-state index is -1.10. The van der Waals surface area contributed by atoms with E-state index in [1.54, 1.807) is 7.05 Å².